The number of anilines is 1. The third-order valence-corrected chi connectivity index (χ3v) is 6.90. The van der Waals surface area contributed by atoms with Crippen molar-refractivity contribution in [2.24, 2.45) is 5.92 Å². The minimum absolute atomic E-state index is 0.176. The molecule has 1 N–H and O–H groups in total. The van der Waals surface area contributed by atoms with Crippen molar-refractivity contribution in [3.63, 3.8) is 0 Å². The van der Waals surface area contributed by atoms with Gasteiger partial charge in [0.1, 0.15) is 6.04 Å². The molecule has 2 aromatic carbocycles. The average molecular weight is 586 g/mol. The molecule has 0 saturated carbocycles. The van der Waals surface area contributed by atoms with Gasteiger partial charge in [0.25, 0.3) is 17.7 Å². The highest BCUT2D eigenvalue weighted by Gasteiger charge is 2.48. The van der Waals surface area contributed by atoms with Crippen molar-refractivity contribution in [1.82, 2.24) is 4.90 Å². The number of nitrogens with zero attached hydrogens (tertiary/aromatic N) is 1. The van der Waals surface area contributed by atoms with Gasteiger partial charge in [0.2, 0.25) is 0 Å². The molecule has 1 aliphatic heterocycles. The lowest BCUT2D eigenvalue weighted by molar-refractivity contribution is -0.152. The number of esters is 1. The summed E-state index contributed by atoms with van der Waals surface area (Å²) in [6.45, 7) is 2.13. The van der Waals surface area contributed by atoms with E-state index >= 15 is 0 Å². The van der Waals surface area contributed by atoms with Crippen LogP contribution >= 0.6 is 46.4 Å². The first-order chi connectivity index (χ1) is 16.7. The molecule has 0 radical (unpaired) electrons. The number of amides is 3. The quantitative estimate of drug-likeness (QED) is 0.191. The van der Waals surface area contributed by atoms with Crippen molar-refractivity contribution >= 4 is 75.8 Å². The molecule has 0 fully saturated rings. The van der Waals surface area contributed by atoms with Crippen molar-refractivity contribution in [3.8, 4) is 0 Å². The lowest BCUT2D eigenvalue weighted by Gasteiger charge is -2.27. The number of rotatable bonds is 6. The van der Waals surface area contributed by atoms with E-state index in [4.69, 9.17) is 51.1 Å². The molecule has 0 spiro atoms. The van der Waals surface area contributed by atoms with Crippen LogP contribution in [0.2, 0.25) is 20.1 Å². The van der Waals surface area contributed by atoms with Crippen LogP contribution in [-0.4, -0.2) is 41.2 Å². The standard InChI is InChI=1S/C22H15Cl4F3N2O5/c1-8(2)18(31-19(33)12-13(20(31)34)15(24)17(26)16(25)14(12)23)21(35)36-7-11(32)30-10-5-3-4-9(6-10)22(27,28)29/h3-6,8,18H,7H2,1-2H3,(H,30,32)/t18-/m1/s1. The summed E-state index contributed by atoms with van der Waals surface area (Å²) >= 11 is 24.2. The van der Waals surface area contributed by atoms with Crippen LogP contribution in [-0.2, 0) is 20.5 Å². The normalized spacial score (nSPS) is 14.2. The minimum atomic E-state index is -4.62. The summed E-state index contributed by atoms with van der Waals surface area (Å²) in [6.07, 6.45) is -4.62. The van der Waals surface area contributed by atoms with Crippen molar-refractivity contribution in [2.75, 3.05) is 11.9 Å². The predicted molar refractivity (Wildman–Crippen MR) is 127 cm³/mol. The van der Waals surface area contributed by atoms with E-state index in [1.54, 1.807) is 0 Å². The number of ether oxygens (including phenoxy) is 1. The molecule has 0 bridgehead atoms. The third-order valence-electron chi connectivity index (χ3n) is 5.10. The Hall–Kier alpha value is -2.53. The van der Waals surface area contributed by atoms with Gasteiger partial charge in [-0.05, 0) is 24.1 Å². The monoisotopic (exact) mass is 584 g/mol. The van der Waals surface area contributed by atoms with Crippen LogP contribution in [0.4, 0.5) is 18.9 Å². The van der Waals surface area contributed by atoms with Crippen molar-refractivity contribution in [2.45, 2.75) is 26.1 Å². The smallest absolute Gasteiger partial charge is 0.416 e. The molecule has 1 heterocycles. The van der Waals surface area contributed by atoms with E-state index in [1.165, 1.54) is 19.9 Å². The Morgan fingerprint density at radius 1 is 0.972 bits per heavy atom. The van der Waals surface area contributed by atoms with E-state index in [0.29, 0.717) is 11.0 Å². The van der Waals surface area contributed by atoms with Crippen LogP contribution in [0, 0.1) is 5.92 Å². The van der Waals surface area contributed by atoms with Crippen LogP contribution in [0.15, 0.2) is 24.3 Å². The second kappa shape index (κ2) is 10.5. The summed E-state index contributed by atoms with van der Waals surface area (Å²) in [5.74, 6) is -4.69. The lowest BCUT2D eigenvalue weighted by Crippen LogP contribution is -2.49. The molecule has 0 saturated heterocycles. The summed E-state index contributed by atoms with van der Waals surface area (Å²) in [4.78, 5) is 51.8. The van der Waals surface area contributed by atoms with Crippen molar-refractivity contribution in [1.29, 1.82) is 0 Å². The topological polar surface area (TPSA) is 92.8 Å². The van der Waals surface area contributed by atoms with Gasteiger partial charge < -0.3 is 10.1 Å². The summed E-state index contributed by atoms with van der Waals surface area (Å²) < 4.78 is 43.5. The molecule has 0 aromatic heterocycles. The van der Waals surface area contributed by atoms with Gasteiger partial charge in [0.15, 0.2) is 6.61 Å². The van der Waals surface area contributed by atoms with Gasteiger partial charge >= 0.3 is 12.1 Å². The van der Waals surface area contributed by atoms with E-state index in [9.17, 15) is 32.3 Å². The summed E-state index contributed by atoms with van der Waals surface area (Å²) in [7, 11) is 0. The summed E-state index contributed by atoms with van der Waals surface area (Å²) in [5.41, 5.74) is -1.83. The summed E-state index contributed by atoms with van der Waals surface area (Å²) in [5, 5.41) is 1.04. The van der Waals surface area contributed by atoms with Crippen molar-refractivity contribution < 1.29 is 37.1 Å². The zero-order valence-corrected chi connectivity index (χ0v) is 21.3. The molecule has 0 aliphatic carbocycles. The molecule has 3 rings (SSSR count). The fourth-order valence-electron chi connectivity index (χ4n) is 3.49. The van der Waals surface area contributed by atoms with Gasteiger partial charge in [0, 0.05) is 5.69 Å². The van der Waals surface area contributed by atoms with Crippen LogP contribution < -0.4 is 5.32 Å². The number of hydrogen-bond acceptors (Lipinski definition) is 5. The fourth-order valence-corrected chi connectivity index (χ4v) is 4.50. The average Bonchev–Trinajstić information content (AvgIpc) is 3.05. The summed E-state index contributed by atoms with van der Waals surface area (Å²) in [6, 6.07) is 2.34. The fraction of sp³-hybridized carbons (Fsp3) is 0.273. The first-order valence-corrected chi connectivity index (χ1v) is 11.6. The van der Waals surface area contributed by atoms with Gasteiger partial charge in [-0.3, -0.25) is 19.3 Å². The second-order valence-electron chi connectivity index (χ2n) is 7.91. The van der Waals surface area contributed by atoms with E-state index in [-0.39, 0.29) is 36.9 Å². The highest BCUT2D eigenvalue weighted by molar-refractivity contribution is 6.55. The Labute approximate surface area is 222 Å². The highest BCUT2D eigenvalue weighted by Crippen LogP contribution is 2.45. The molecular weight excluding hydrogens is 571 g/mol. The molecule has 14 heteroatoms. The highest BCUT2D eigenvalue weighted by atomic mass is 35.5. The number of hydrogen-bond donors (Lipinski definition) is 1. The Morgan fingerprint density at radius 2 is 1.50 bits per heavy atom. The maximum atomic E-state index is 13.1. The molecule has 7 nitrogen and oxygen atoms in total. The van der Waals surface area contributed by atoms with E-state index in [0.717, 1.165) is 12.1 Å². The number of halogens is 7. The molecule has 3 amide bonds. The minimum Gasteiger partial charge on any atom is -0.454 e. The Morgan fingerprint density at radius 3 is 1.97 bits per heavy atom. The van der Waals surface area contributed by atoms with Gasteiger partial charge in [-0.2, -0.15) is 13.2 Å². The number of imide groups is 1. The number of benzene rings is 2. The second-order valence-corrected chi connectivity index (χ2v) is 9.42. The lowest BCUT2D eigenvalue weighted by atomic mass is 10.0. The Balaban J connectivity index is 1.78. The van der Waals surface area contributed by atoms with Gasteiger partial charge in [0.05, 0.1) is 36.8 Å². The molecular formula is C22H15Cl4F3N2O5. The maximum absolute atomic E-state index is 13.1. The predicted octanol–water partition coefficient (Wildman–Crippen LogP) is 6.12. The first kappa shape index (κ1) is 28.0. The molecule has 0 unspecified atom stereocenters. The van der Waals surface area contributed by atoms with Crippen molar-refractivity contribution in [3.05, 3.63) is 61.0 Å². The Bertz CT molecular complexity index is 1240. The zero-order chi connectivity index (χ0) is 27.1. The van der Waals surface area contributed by atoms with Crippen LogP contribution in [0.3, 0.4) is 0 Å². The molecule has 192 valence electrons. The zero-order valence-electron chi connectivity index (χ0n) is 18.3. The van der Waals surface area contributed by atoms with Crippen LogP contribution in [0.5, 0.6) is 0 Å². The molecule has 36 heavy (non-hydrogen) atoms. The van der Waals surface area contributed by atoms with Gasteiger partial charge in [-0.25, -0.2) is 4.79 Å². The first-order valence-electron chi connectivity index (χ1n) is 10.0. The molecule has 1 aliphatic rings. The number of nitrogens with one attached hydrogen (secondary N) is 1. The number of fused-ring (bicyclic) bond motifs is 1. The number of alkyl halides is 3. The third kappa shape index (κ3) is 5.27. The van der Waals surface area contributed by atoms with E-state index in [2.05, 4.69) is 5.32 Å². The van der Waals surface area contributed by atoms with E-state index in [1.807, 2.05) is 0 Å². The largest absolute Gasteiger partial charge is 0.454 e. The van der Waals surface area contributed by atoms with Gasteiger partial charge in [-0.15, -0.1) is 0 Å². The number of carbonyl (C=O) groups excluding carboxylic acids is 4. The maximum Gasteiger partial charge on any atom is 0.416 e. The Kier molecular flexibility index (Phi) is 8.14. The SMILES string of the molecule is CC(C)[C@H](C(=O)OCC(=O)Nc1cccc(C(F)(F)F)c1)N1C(=O)c2c(Cl)c(Cl)c(Cl)c(Cl)c2C1=O. The molecule has 2 aromatic rings. The van der Waals surface area contributed by atoms with Crippen LogP contribution in [0.25, 0.3) is 0 Å². The van der Waals surface area contributed by atoms with Gasteiger partial charge in [-0.1, -0.05) is 66.3 Å². The van der Waals surface area contributed by atoms with E-state index < -0.39 is 54.0 Å². The number of carbonyl (C=O) groups is 4. The molecule has 1 atom stereocenters. The van der Waals surface area contributed by atoms with Crippen LogP contribution in [0.1, 0.15) is 40.1 Å².